The van der Waals surface area contributed by atoms with Gasteiger partial charge in [-0.15, -0.1) is 0 Å². The normalized spacial score (nSPS) is 17.6. The Balaban J connectivity index is 1.58. The molecule has 1 N–H and O–H groups in total. The van der Waals surface area contributed by atoms with Crippen molar-refractivity contribution in [1.29, 1.82) is 0 Å². The fourth-order valence-electron chi connectivity index (χ4n) is 4.48. The third kappa shape index (κ3) is 4.69. The van der Waals surface area contributed by atoms with Crippen LogP contribution in [0.15, 0.2) is 72.8 Å². The van der Waals surface area contributed by atoms with Crippen molar-refractivity contribution in [3.8, 4) is 5.75 Å². The van der Waals surface area contributed by atoms with Gasteiger partial charge in [-0.2, -0.15) is 0 Å². The van der Waals surface area contributed by atoms with Crippen LogP contribution in [0.2, 0.25) is 0 Å². The first-order valence-electron chi connectivity index (χ1n) is 10.9. The predicted octanol–water partition coefficient (Wildman–Crippen LogP) is 4.53. The van der Waals surface area contributed by atoms with Crippen LogP contribution >= 0.6 is 0 Å². The number of methoxy groups -OCH3 is 1. The van der Waals surface area contributed by atoms with Crippen LogP contribution in [-0.4, -0.2) is 36.2 Å². The van der Waals surface area contributed by atoms with Crippen molar-refractivity contribution in [2.24, 2.45) is 0 Å². The van der Waals surface area contributed by atoms with Crippen molar-refractivity contribution in [1.82, 2.24) is 4.90 Å². The molecule has 0 bridgehead atoms. The fourth-order valence-corrected chi connectivity index (χ4v) is 4.48. The summed E-state index contributed by atoms with van der Waals surface area (Å²) in [6.45, 7) is 1.11. The average molecular weight is 432 g/mol. The van der Waals surface area contributed by atoms with Gasteiger partial charge in [-0.25, -0.2) is 4.79 Å². The summed E-state index contributed by atoms with van der Waals surface area (Å²) < 4.78 is 11.1. The van der Waals surface area contributed by atoms with Crippen LogP contribution in [0.4, 0.5) is 0 Å². The number of ether oxygens (including phenoxy) is 2. The van der Waals surface area contributed by atoms with Crippen LogP contribution in [0.3, 0.4) is 0 Å². The van der Waals surface area contributed by atoms with Gasteiger partial charge in [0.05, 0.1) is 13.2 Å². The highest BCUT2D eigenvalue weighted by Crippen LogP contribution is 2.38. The lowest BCUT2D eigenvalue weighted by Gasteiger charge is -2.37. The molecule has 0 saturated heterocycles. The number of carbonyl (C=O) groups is 1. The molecule has 0 aromatic heterocycles. The van der Waals surface area contributed by atoms with Crippen LogP contribution in [0.1, 0.15) is 45.1 Å². The second kappa shape index (κ2) is 9.98. The summed E-state index contributed by atoms with van der Waals surface area (Å²) in [5.74, 6) is 0.0518. The van der Waals surface area contributed by atoms with E-state index in [9.17, 15) is 9.90 Å². The molecule has 1 aliphatic carbocycles. The Labute approximate surface area is 189 Å². The lowest BCUT2D eigenvalue weighted by Crippen LogP contribution is -2.40. The van der Waals surface area contributed by atoms with Crippen molar-refractivity contribution < 1.29 is 19.4 Å². The molecule has 166 valence electrons. The van der Waals surface area contributed by atoms with E-state index in [0.29, 0.717) is 24.3 Å². The maximum absolute atomic E-state index is 12.7. The fraction of sp³-hybridized carbons (Fsp3) is 0.296. The van der Waals surface area contributed by atoms with Crippen molar-refractivity contribution >= 4 is 5.97 Å². The monoisotopic (exact) mass is 431 g/mol. The molecule has 0 radical (unpaired) electrons. The molecule has 0 amide bonds. The molecule has 3 aromatic rings. The lowest BCUT2D eigenvalue weighted by molar-refractivity contribution is 0.0450. The number of carbonyl (C=O) groups excluding carboxylic acids is 1. The quantitative estimate of drug-likeness (QED) is 0.557. The van der Waals surface area contributed by atoms with Gasteiger partial charge in [0.15, 0.2) is 0 Å². The van der Waals surface area contributed by atoms with Gasteiger partial charge in [-0.3, -0.25) is 4.90 Å². The van der Waals surface area contributed by atoms with Gasteiger partial charge in [0, 0.05) is 12.6 Å². The predicted molar refractivity (Wildman–Crippen MR) is 124 cm³/mol. The third-order valence-electron chi connectivity index (χ3n) is 6.15. The van der Waals surface area contributed by atoms with Crippen molar-refractivity contribution in [3.05, 3.63) is 101 Å². The summed E-state index contributed by atoms with van der Waals surface area (Å²) in [6, 6.07) is 23.7. The Morgan fingerprint density at radius 1 is 1.00 bits per heavy atom. The Hall–Kier alpha value is -3.15. The smallest absolute Gasteiger partial charge is 0.341 e. The van der Waals surface area contributed by atoms with Crippen molar-refractivity contribution in [3.63, 3.8) is 0 Å². The molecule has 5 nitrogen and oxygen atoms in total. The van der Waals surface area contributed by atoms with Gasteiger partial charge < -0.3 is 14.6 Å². The van der Waals surface area contributed by atoms with Crippen molar-refractivity contribution in [2.75, 3.05) is 14.2 Å². The van der Waals surface area contributed by atoms with Gasteiger partial charge in [-0.05, 0) is 48.2 Å². The number of likely N-dealkylation sites (N-methyl/N-ethyl adjacent to an activating group) is 1. The first kappa shape index (κ1) is 22.1. The minimum absolute atomic E-state index is 0.0377. The maximum atomic E-state index is 12.7. The van der Waals surface area contributed by atoms with E-state index in [1.807, 2.05) is 61.6 Å². The molecule has 0 saturated carbocycles. The summed E-state index contributed by atoms with van der Waals surface area (Å²) >= 11 is 0. The second-order valence-corrected chi connectivity index (χ2v) is 8.22. The number of fused-ring (bicyclic) bond motifs is 1. The molecule has 32 heavy (non-hydrogen) atoms. The average Bonchev–Trinajstić information content (AvgIpc) is 2.83. The lowest BCUT2D eigenvalue weighted by atomic mass is 9.82. The molecular formula is C27H29NO4. The molecular weight excluding hydrogens is 402 g/mol. The first-order valence-corrected chi connectivity index (χ1v) is 10.9. The Morgan fingerprint density at radius 2 is 1.66 bits per heavy atom. The maximum Gasteiger partial charge on any atom is 0.341 e. The summed E-state index contributed by atoms with van der Waals surface area (Å²) in [5.41, 5.74) is 4.23. The standard InChI is InChI=1S/C27H29NO4/c1-28(17-19-9-5-3-6-10-19)23-15-13-21-22(26(23)29)14-16-24(25(21)27(30)31-2)32-18-20-11-7-4-8-12-20/h3-12,14,16,23,26,29H,13,15,17-18H2,1-2H3. The SMILES string of the molecule is COC(=O)c1c(OCc2ccccc2)ccc2c1CCC(N(C)Cc1ccccc1)C2O. The molecule has 0 heterocycles. The molecule has 0 spiro atoms. The molecule has 5 heteroatoms. The minimum Gasteiger partial charge on any atom is -0.488 e. The zero-order chi connectivity index (χ0) is 22.5. The molecule has 2 atom stereocenters. The topological polar surface area (TPSA) is 59.0 Å². The van der Waals surface area contributed by atoms with Crippen LogP contribution in [0, 0.1) is 0 Å². The summed E-state index contributed by atoms with van der Waals surface area (Å²) in [5, 5.41) is 11.2. The van der Waals surface area contributed by atoms with Crippen LogP contribution in [0.25, 0.3) is 0 Å². The number of benzene rings is 3. The summed E-state index contributed by atoms with van der Waals surface area (Å²) in [4.78, 5) is 14.9. The Kier molecular flexibility index (Phi) is 6.88. The zero-order valence-electron chi connectivity index (χ0n) is 18.5. The number of nitrogens with zero attached hydrogens (tertiary/aromatic N) is 1. The van der Waals surface area contributed by atoms with Crippen molar-refractivity contribution in [2.45, 2.75) is 38.1 Å². The van der Waals surface area contributed by atoms with E-state index in [-0.39, 0.29) is 6.04 Å². The van der Waals surface area contributed by atoms with E-state index in [4.69, 9.17) is 9.47 Å². The molecule has 4 rings (SSSR count). The highest BCUT2D eigenvalue weighted by molar-refractivity contribution is 5.94. The van der Waals surface area contributed by atoms with Crippen LogP contribution in [-0.2, 0) is 24.3 Å². The van der Waals surface area contributed by atoms with Gasteiger partial charge in [0.25, 0.3) is 0 Å². The highest BCUT2D eigenvalue weighted by Gasteiger charge is 2.34. The number of aliphatic hydroxyl groups is 1. The zero-order valence-corrected chi connectivity index (χ0v) is 18.5. The van der Waals surface area contributed by atoms with Gasteiger partial charge >= 0.3 is 5.97 Å². The van der Waals surface area contributed by atoms with E-state index >= 15 is 0 Å². The van der Waals surface area contributed by atoms with Gasteiger partial charge in [-0.1, -0.05) is 66.7 Å². The van der Waals surface area contributed by atoms with Gasteiger partial charge in [0.2, 0.25) is 0 Å². The van der Waals surface area contributed by atoms with E-state index in [0.717, 1.165) is 29.7 Å². The molecule has 3 aromatic carbocycles. The minimum atomic E-state index is -0.695. The highest BCUT2D eigenvalue weighted by atomic mass is 16.5. The third-order valence-corrected chi connectivity index (χ3v) is 6.15. The van der Waals surface area contributed by atoms with E-state index in [2.05, 4.69) is 17.0 Å². The van der Waals surface area contributed by atoms with Gasteiger partial charge in [0.1, 0.15) is 17.9 Å². The largest absolute Gasteiger partial charge is 0.488 e. The van der Waals surface area contributed by atoms with E-state index < -0.39 is 12.1 Å². The number of rotatable bonds is 7. The number of hydrogen-bond acceptors (Lipinski definition) is 5. The molecule has 1 aliphatic rings. The Morgan fingerprint density at radius 3 is 2.31 bits per heavy atom. The number of aliphatic hydroxyl groups excluding tert-OH is 1. The van der Waals surface area contributed by atoms with E-state index in [1.54, 1.807) is 6.07 Å². The molecule has 0 aliphatic heterocycles. The molecule has 0 fully saturated rings. The van der Waals surface area contributed by atoms with Crippen LogP contribution < -0.4 is 4.74 Å². The number of esters is 1. The second-order valence-electron chi connectivity index (χ2n) is 8.22. The van der Waals surface area contributed by atoms with Crippen LogP contribution in [0.5, 0.6) is 5.75 Å². The molecule has 2 unspecified atom stereocenters. The summed E-state index contributed by atoms with van der Waals surface area (Å²) in [7, 11) is 3.41. The number of hydrogen-bond donors (Lipinski definition) is 1. The Bertz CT molecular complexity index is 1050. The van der Waals surface area contributed by atoms with E-state index in [1.165, 1.54) is 12.7 Å². The first-order chi connectivity index (χ1) is 15.6. The summed E-state index contributed by atoms with van der Waals surface area (Å²) in [6.07, 6.45) is 0.714.